The average molecular weight is 215 g/mol. The lowest BCUT2D eigenvalue weighted by Gasteiger charge is -2.39. The maximum atomic E-state index is 10.7. The fourth-order valence-corrected chi connectivity index (χ4v) is 1.71. The van der Waals surface area contributed by atoms with Gasteiger partial charge in [-0.25, -0.2) is 0 Å². The van der Waals surface area contributed by atoms with Crippen LogP contribution in [-0.2, 0) is 4.79 Å². The van der Waals surface area contributed by atoms with E-state index in [9.17, 15) is 4.79 Å². The second-order valence-corrected chi connectivity index (χ2v) is 5.37. The van der Waals surface area contributed by atoms with E-state index in [1.54, 1.807) is 0 Å². The summed E-state index contributed by atoms with van der Waals surface area (Å²) in [6, 6.07) is 0.513. The van der Waals surface area contributed by atoms with Gasteiger partial charge in [0.15, 0.2) is 0 Å². The topological polar surface area (TPSA) is 40.5 Å². The Morgan fingerprint density at radius 3 is 2.13 bits per heavy atom. The molecule has 3 nitrogen and oxygen atoms in total. The molecule has 0 spiro atoms. The molecule has 0 saturated heterocycles. The molecule has 3 heteroatoms. The lowest BCUT2D eigenvalue weighted by atomic mass is 9.86. The van der Waals surface area contributed by atoms with Gasteiger partial charge in [-0.2, -0.15) is 0 Å². The molecule has 0 radical (unpaired) electrons. The van der Waals surface area contributed by atoms with Crippen LogP contribution in [0.4, 0.5) is 0 Å². The van der Waals surface area contributed by atoms with E-state index in [1.807, 2.05) is 14.0 Å². The summed E-state index contributed by atoms with van der Waals surface area (Å²) in [5.74, 6) is -0.713. The van der Waals surface area contributed by atoms with Crippen LogP contribution in [0.2, 0.25) is 0 Å². The summed E-state index contributed by atoms with van der Waals surface area (Å²) < 4.78 is 0. The van der Waals surface area contributed by atoms with Crippen molar-refractivity contribution in [2.45, 2.75) is 59.5 Å². The van der Waals surface area contributed by atoms with Crippen LogP contribution in [0.5, 0.6) is 0 Å². The van der Waals surface area contributed by atoms with Gasteiger partial charge in [0.25, 0.3) is 0 Å². The Morgan fingerprint density at radius 1 is 1.40 bits per heavy atom. The Kier molecular flexibility index (Phi) is 5.29. The number of hydrogen-bond donors (Lipinski definition) is 1. The molecule has 0 heterocycles. The molecule has 0 saturated carbocycles. The molecule has 1 N–H and O–H groups in total. The summed E-state index contributed by atoms with van der Waals surface area (Å²) in [7, 11) is 2.02. The zero-order chi connectivity index (χ0) is 12.2. The van der Waals surface area contributed by atoms with Crippen molar-refractivity contribution in [2.75, 3.05) is 7.05 Å². The minimum atomic E-state index is -0.713. The number of aliphatic carboxylic acids is 1. The van der Waals surface area contributed by atoms with Gasteiger partial charge < -0.3 is 5.11 Å². The Hall–Kier alpha value is -0.570. The van der Waals surface area contributed by atoms with E-state index in [2.05, 4.69) is 32.6 Å². The summed E-state index contributed by atoms with van der Waals surface area (Å²) in [5, 5.41) is 8.82. The fraction of sp³-hybridized carbons (Fsp3) is 0.917. The third kappa shape index (κ3) is 4.65. The van der Waals surface area contributed by atoms with Gasteiger partial charge in [-0.3, -0.25) is 9.69 Å². The van der Waals surface area contributed by atoms with Crippen molar-refractivity contribution in [3.05, 3.63) is 0 Å². The van der Waals surface area contributed by atoms with Crippen molar-refractivity contribution in [3.8, 4) is 0 Å². The summed E-state index contributed by atoms with van der Waals surface area (Å²) >= 11 is 0. The highest BCUT2D eigenvalue weighted by Crippen LogP contribution is 2.25. The molecule has 0 aromatic heterocycles. The van der Waals surface area contributed by atoms with Gasteiger partial charge in [-0.1, -0.05) is 27.7 Å². The third-order valence-electron chi connectivity index (χ3n) is 3.32. The Bertz CT molecular complexity index is 208. The maximum absolute atomic E-state index is 10.7. The standard InChI is InChI=1S/C12H25NO2/c1-7-10(8-11(14)15)13(6)9(2)12(3,4)5/h9-10H,7-8H2,1-6H3,(H,14,15). The number of rotatable bonds is 5. The van der Waals surface area contributed by atoms with Crippen molar-refractivity contribution in [2.24, 2.45) is 5.41 Å². The Morgan fingerprint density at radius 2 is 1.87 bits per heavy atom. The molecule has 0 aromatic rings. The van der Waals surface area contributed by atoms with Crippen LogP contribution < -0.4 is 0 Å². The van der Waals surface area contributed by atoms with E-state index in [-0.39, 0.29) is 17.9 Å². The van der Waals surface area contributed by atoms with Crippen LogP contribution in [0.15, 0.2) is 0 Å². The summed E-state index contributed by atoms with van der Waals surface area (Å²) in [6.45, 7) is 10.7. The van der Waals surface area contributed by atoms with Crippen molar-refractivity contribution >= 4 is 5.97 Å². The van der Waals surface area contributed by atoms with Gasteiger partial charge in [0.2, 0.25) is 0 Å². The highest BCUT2D eigenvalue weighted by atomic mass is 16.4. The fourth-order valence-electron chi connectivity index (χ4n) is 1.71. The Labute approximate surface area is 93.5 Å². The highest BCUT2D eigenvalue weighted by molar-refractivity contribution is 5.67. The molecule has 90 valence electrons. The van der Waals surface area contributed by atoms with E-state index in [0.29, 0.717) is 6.04 Å². The van der Waals surface area contributed by atoms with Crippen molar-refractivity contribution < 1.29 is 9.90 Å². The molecule has 0 fully saturated rings. The van der Waals surface area contributed by atoms with Gasteiger partial charge in [0, 0.05) is 12.1 Å². The second kappa shape index (κ2) is 5.50. The van der Waals surface area contributed by atoms with Crippen molar-refractivity contribution in [3.63, 3.8) is 0 Å². The van der Waals surface area contributed by atoms with Gasteiger partial charge in [0.05, 0.1) is 6.42 Å². The minimum absolute atomic E-state index is 0.136. The van der Waals surface area contributed by atoms with Gasteiger partial charge in [-0.05, 0) is 25.8 Å². The Balaban J connectivity index is 4.50. The van der Waals surface area contributed by atoms with Gasteiger partial charge in [0.1, 0.15) is 0 Å². The monoisotopic (exact) mass is 215 g/mol. The molecule has 0 bridgehead atoms. The zero-order valence-electron chi connectivity index (χ0n) is 10.9. The lowest BCUT2D eigenvalue weighted by Crippen LogP contribution is -2.45. The first-order valence-electron chi connectivity index (χ1n) is 5.63. The van der Waals surface area contributed by atoms with Crippen LogP contribution in [0.3, 0.4) is 0 Å². The lowest BCUT2D eigenvalue weighted by molar-refractivity contribution is -0.138. The third-order valence-corrected chi connectivity index (χ3v) is 3.32. The van der Waals surface area contributed by atoms with Crippen LogP contribution in [0.1, 0.15) is 47.5 Å². The number of hydrogen-bond acceptors (Lipinski definition) is 2. The number of carboxylic acid groups (broad SMARTS) is 1. The molecule has 0 aliphatic rings. The predicted molar refractivity (Wildman–Crippen MR) is 63.0 cm³/mol. The highest BCUT2D eigenvalue weighted by Gasteiger charge is 2.28. The molecule has 0 rings (SSSR count). The van der Waals surface area contributed by atoms with E-state index >= 15 is 0 Å². The van der Waals surface area contributed by atoms with Crippen LogP contribution >= 0.6 is 0 Å². The molecule has 0 amide bonds. The van der Waals surface area contributed by atoms with Crippen LogP contribution in [-0.4, -0.2) is 35.1 Å². The first kappa shape index (κ1) is 14.4. The quantitative estimate of drug-likeness (QED) is 0.766. The summed E-state index contributed by atoms with van der Waals surface area (Å²) in [6.07, 6.45) is 1.11. The zero-order valence-corrected chi connectivity index (χ0v) is 10.9. The predicted octanol–water partition coefficient (Wildman–Crippen LogP) is 2.61. The normalized spacial score (nSPS) is 16.5. The van der Waals surface area contributed by atoms with Crippen LogP contribution in [0.25, 0.3) is 0 Å². The van der Waals surface area contributed by atoms with Crippen molar-refractivity contribution in [1.29, 1.82) is 0 Å². The molecular formula is C12H25NO2. The van der Waals surface area contributed by atoms with Gasteiger partial charge >= 0.3 is 5.97 Å². The molecule has 0 aliphatic carbocycles. The first-order chi connectivity index (χ1) is 6.70. The molecule has 0 aliphatic heterocycles. The largest absolute Gasteiger partial charge is 0.481 e. The van der Waals surface area contributed by atoms with E-state index in [1.165, 1.54) is 0 Å². The smallest absolute Gasteiger partial charge is 0.304 e. The van der Waals surface area contributed by atoms with E-state index in [4.69, 9.17) is 5.11 Å². The number of carboxylic acids is 1. The second-order valence-electron chi connectivity index (χ2n) is 5.37. The van der Waals surface area contributed by atoms with Gasteiger partial charge in [-0.15, -0.1) is 0 Å². The summed E-state index contributed by atoms with van der Waals surface area (Å²) in [4.78, 5) is 12.9. The molecule has 0 aromatic carbocycles. The molecule has 2 atom stereocenters. The van der Waals surface area contributed by atoms with Crippen molar-refractivity contribution in [1.82, 2.24) is 4.90 Å². The summed E-state index contributed by atoms with van der Waals surface area (Å²) in [5.41, 5.74) is 0.181. The molecular weight excluding hydrogens is 190 g/mol. The SMILES string of the molecule is CCC(CC(=O)O)N(C)C(C)C(C)(C)C. The van der Waals surface area contributed by atoms with Crippen LogP contribution in [0, 0.1) is 5.41 Å². The number of nitrogens with zero attached hydrogens (tertiary/aromatic N) is 1. The van der Waals surface area contributed by atoms with E-state index in [0.717, 1.165) is 6.42 Å². The first-order valence-corrected chi connectivity index (χ1v) is 5.63. The molecule has 15 heavy (non-hydrogen) atoms. The average Bonchev–Trinajstić information content (AvgIpc) is 2.10. The maximum Gasteiger partial charge on any atom is 0.304 e. The number of carbonyl (C=O) groups is 1. The minimum Gasteiger partial charge on any atom is -0.481 e. The molecule has 2 unspecified atom stereocenters. The van der Waals surface area contributed by atoms with E-state index < -0.39 is 5.97 Å².